The summed E-state index contributed by atoms with van der Waals surface area (Å²) in [6.07, 6.45) is 6.06. The molecule has 0 saturated heterocycles. The molecule has 2 aromatic rings. The van der Waals surface area contributed by atoms with Crippen molar-refractivity contribution in [3.8, 4) is 0 Å². The molecule has 6 nitrogen and oxygen atoms in total. The molecule has 0 bridgehead atoms. The monoisotopic (exact) mass is 308 g/mol. The third kappa shape index (κ3) is 5.11. The van der Waals surface area contributed by atoms with Gasteiger partial charge in [-0.1, -0.05) is 6.92 Å². The molecular formula is C14H20N4O2S. The van der Waals surface area contributed by atoms with Crippen LogP contribution in [0.15, 0.2) is 36.7 Å². The van der Waals surface area contributed by atoms with E-state index in [0.717, 1.165) is 30.5 Å². The summed E-state index contributed by atoms with van der Waals surface area (Å²) in [5.41, 5.74) is 2.60. The number of aromatic nitrogens is 2. The molecule has 0 spiro atoms. The predicted octanol–water partition coefficient (Wildman–Crippen LogP) is 2.28. The number of anilines is 2. The fraction of sp³-hybridized carbons (Fsp3) is 0.357. The van der Waals surface area contributed by atoms with E-state index in [1.54, 1.807) is 12.1 Å². The quantitative estimate of drug-likeness (QED) is 0.823. The topological polar surface area (TPSA) is 76.0 Å². The van der Waals surface area contributed by atoms with Gasteiger partial charge in [-0.05, 0) is 30.7 Å². The van der Waals surface area contributed by atoms with E-state index in [-0.39, 0.29) is 0 Å². The van der Waals surface area contributed by atoms with Gasteiger partial charge in [-0.15, -0.1) is 0 Å². The molecule has 1 aromatic carbocycles. The van der Waals surface area contributed by atoms with Gasteiger partial charge in [0.1, 0.15) is 0 Å². The van der Waals surface area contributed by atoms with Gasteiger partial charge in [-0.3, -0.25) is 9.40 Å². The Morgan fingerprint density at radius 3 is 2.48 bits per heavy atom. The third-order valence-corrected chi connectivity index (χ3v) is 3.43. The number of hydrogen-bond donors (Lipinski definition) is 2. The van der Waals surface area contributed by atoms with Gasteiger partial charge in [0.05, 0.1) is 12.5 Å². The molecule has 1 aromatic heterocycles. The van der Waals surface area contributed by atoms with E-state index < -0.39 is 10.0 Å². The molecule has 7 heteroatoms. The van der Waals surface area contributed by atoms with Crippen molar-refractivity contribution in [2.24, 2.45) is 0 Å². The first-order valence-corrected chi connectivity index (χ1v) is 8.68. The minimum atomic E-state index is -3.23. The molecule has 0 unspecified atom stereocenters. The Kier molecular flexibility index (Phi) is 4.85. The zero-order chi connectivity index (χ0) is 15.3. The number of benzene rings is 1. The van der Waals surface area contributed by atoms with Crippen LogP contribution in [0.4, 0.5) is 11.4 Å². The molecule has 0 saturated carbocycles. The molecule has 0 fully saturated rings. The fourth-order valence-electron chi connectivity index (χ4n) is 1.92. The van der Waals surface area contributed by atoms with Crippen molar-refractivity contribution in [2.75, 3.05) is 16.3 Å². The average Bonchev–Trinajstić information content (AvgIpc) is 2.84. The third-order valence-electron chi connectivity index (χ3n) is 2.82. The van der Waals surface area contributed by atoms with Crippen molar-refractivity contribution in [3.63, 3.8) is 0 Å². The van der Waals surface area contributed by atoms with Crippen molar-refractivity contribution in [3.05, 3.63) is 42.2 Å². The van der Waals surface area contributed by atoms with Crippen LogP contribution in [0.1, 0.15) is 18.9 Å². The average molecular weight is 308 g/mol. The van der Waals surface area contributed by atoms with Crippen LogP contribution >= 0.6 is 0 Å². The van der Waals surface area contributed by atoms with Crippen LogP contribution in [0.2, 0.25) is 0 Å². The molecule has 0 radical (unpaired) electrons. The Bertz CT molecular complexity index is 677. The van der Waals surface area contributed by atoms with E-state index >= 15 is 0 Å². The zero-order valence-electron chi connectivity index (χ0n) is 12.2. The Labute approximate surface area is 125 Å². The van der Waals surface area contributed by atoms with Crippen LogP contribution in [0, 0.1) is 0 Å². The fourth-order valence-corrected chi connectivity index (χ4v) is 2.49. The SMILES string of the molecule is CCCn1cc(CNc2ccc(NS(C)(=O)=O)cc2)cn1. The summed E-state index contributed by atoms with van der Waals surface area (Å²) in [6.45, 7) is 3.72. The van der Waals surface area contributed by atoms with Crippen LogP contribution in [0.25, 0.3) is 0 Å². The molecule has 0 aliphatic carbocycles. The largest absolute Gasteiger partial charge is 0.381 e. The number of rotatable bonds is 7. The Balaban J connectivity index is 1.91. The van der Waals surface area contributed by atoms with Crippen LogP contribution in [0.5, 0.6) is 0 Å². The first-order valence-electron chi connectivity index (χ1n) is 6.79. The summed E-state index contributed by atoms with van der Waals surface area (Å²) >= 11 is 0. The smallest absolute Gasteiger partial charge is 0.229 e. The number of aryl methyl sites for hydroxylation is 1. The second kappa shape index (κ2) is 6.62. The summed E-state index contributed by atoms with van der Waals surface area (Å²) in [6, 6.07) is 7.13. The molecule has 0 aliphatic rings. The van der Waals surface area contributed by atoms with E-state index in [9.17, 15) is 8.42 Å². The van der Waals surface area contributed by atoms with E-state index in [4.69, 9.17) is 0 Å². The molecule has 0 aliphatic heterocycles. The lowest BCUT2D eigenvalue weighted by atomic mass is 10.2. The molecule has 2 rings (SSSR count). The first-order chi connectivity index (χ1) is 9.96. The highest BCUT2D eigenvalue weighted by Crippen LogP contribution is 2.15. The van der Waals surface area contributed by atoms with Crippen LogP contribution in [-0.2, 0) is 23.1 Å². The number of sulfonamides is 1. The first kappa shape index (κ1) is 15.4. The molecule has 21 heavy (non-hydrogen) atoms. The van der Waals surface area contributed by atoms with E-state index in [1.165, 1.54) is 0 Å². The van der Waals surface area contributed by atoms with E-state index in [2.05, 4.69) is 22.1 Å². The van der Waals surface area contributed by atoms with Gasteiger partial charge in [0.25, 0.3) is 0 Å². The van der Waals surface area contributed by atoms with Crippen LogP contribution in [-0.4, -0.2) is 24.5 Å². The van der Waals surface area contributed by atoms with Gasteiger partial charge in [-0.2, -0.15) is 5.10 Å². The highest BCUT2D eigenvalue weighted by atomic mass is 32.2. The molecule has 0 amide bonds. The minimum Gasteiger partial charge on any atom is -0.381 e. The Morgan fingerprint density at radius 1 is 1.19 bits per heavy atom. The van der Waals surface area contributed by atoms with Gasteiger partial charge in [-0.25, -0.2) is 8.42 Å². The second-order valence-electron chi connectivity index (χ2n) is 4.92. The van der Waals surface area contributed by atoms with E-state index in [0.29, 0.717) is 12.2 Å². The van der Waals surface area contributed by atoms with Gasteiger partial charge in [0.2, 0.25) is 10.0 Å². The van der Waals surface area contributed by atoms with Crippen molar-refractivity contribution < 1.29 is 8.42 Å². The summed E-state index contributed by atoms with van der Waals surface area (Å²) in [7, 11) is -3.23. The summed E-state index contributed by atoms with van der Waals surface area (Å²) in [4.78, 5) is 0. The van der Waals surface area contributed by atoms with Crippen molar-refractivity contribution in [2.45, 2.75) is 26.4 Å². The lowest BCUT2D eigenvalue weighted by Crippen LogP contribution is -2.09. The van der Waals surface area contributed by atoms with Crippen molar-refractivity contribution in [1.82, 2.24) is 9.78 Å². The maximum atomic E-state index is 11.1. The normalized spacial score (nSPS) is 11.3. The molecule has 114 valence electrons. The lowest BCUT2D eigenvalue weighted by Gasteiger charge is -2.07. The zero-order valence-corrected chi connectivity index (χ0v) is 13.0. The van der Waals surface area contributed by atoms with Crippen molar-refractivity contribution in [1.29, 1.82) is 0 Å². The maximum Gasteiger partial charge on any atom is 0.229 e. The molecule has 1 heterocycles. The van der Waals surface area contributed by atoms with Gasteiger partial charge >= 0.3 is 0 Å². The number of nitrogens with one attached hydrogen (secondary N) is 2. The lowest BCUT2D eigenvalue weighted by molar-refractivity contribution is 0.602. The number of hydrogen-bond acceptors (Lipinski definition) is 4. The van der Waals surface area contributed by atoms with Gasteiger partial charge in [0.15, 0.2) is 0 Å². The second-order valence-corrected chi connectivity index (χ2v) is 6.67. The highest BCUT2D eigenvalue weighted by Gasteiger charge is 2.02. The number of nitrogens with zero attached hydrogens (tertiary/aromatic N) is 2. The van der Waals surface area contributed by atoms with Crippen LogP contribution in [0.3, 0.4) is 0 Å². The summed E-state index contributed by atoms with van der Waals surface area (Å²) < 4.78 is 26.6. The summed E-state index contributed by atoms with van der Waals surface area (Å²) in [5, 5.41) is 7.55. The Morgan fingerprint density at radius 2 is 1.86 bits per heavy atom. The van der Waals surface area contributed by atoms with Gasteiger partial charge < -0.3 is 5.32 Å². The maximum absolute atomic E-state index is 11.1. The molecule has 0 atom stereocenters. The van der Waals surface area contributed by atoms with Gasteiger partial charge in [0, 0.05) is 36.2 Å². The summed E-state index contributed by atoms with van der Waals surface area (Å²) in [5.74, 6) is 0. The standard InChI is InChI=1S/C14H20N4O2S/c1-3-8-18-11-12(10-16-18)9-15-13-4-6-14(7-5-13)17-21(2,19)20/h4-7,10-11,15,17H,3,8-9H2,1-2H3. The minimum absolute atomic E-state index is 0.554. The van der Waals surface area contributed by atoms with E-state index in [1.807, 2.05) is 29.2 Å². The molecule has 2 N–H and O–H groups in total. The van der Waals surface area contributed by atoms with Crippen molar-refractivity contribution >= 4 is 21.4 Å². The Hall–Kier alpha value is -2.02. The van der Waals surface area contributed by atoms with Crippen LogP contribution < -0.4 is 10.0 Å². The molecular weight excluding hydrogens is 288 g/mol. The predicted molar refractivity (Wildman–Crippen MR) is 84.8 cm³/mol. The highest BCUT2D eigenvalue weighted by molar-refractivity contribution is 7.92.